The number of amides is 3. The van der Waals surface area contributed by atoms with Crippen LogP contribution in [0.2, 0.25) is 0 Å². The zero-order valence-corrected chi connectivity index (χ0v) is 26.8. The van der Waals surface area contributed by atoms with E-state index in [-0.39, 0.29) is 29.8 Å². The number of hydrogen-bond acceptors (Lipinski definition) is 5. The summed E-state index contributed by atoms with van der Waals surface area (Å²) in [6, 6.07) is 24.8. The Morgan fingerprint density at radius 1 is 0.913 bits per heavy atom. The number of nitrogens with one attached hydrogen (secondary N) is 3. The molecule has 9 heteroatoms. The average Bonchev–Trinajstić information content (AvgIpc) is 3.69. The molecule has 0 bridgehead atoms. The van der Waals surface area contributed by atoms with Crippen molar-refractivity contribution in [2.24, 2.45) is 0 Å². The first kappa shape index (κ1) is 30.8. The van der Waals surface area contributed by atoms with Crippen LogP contribution in [0.25, 0.3) is 16.5 Å². The third-order valence-corrected chi connectivity index (χ3v) is 8.21. The zero-order chi connectivity index (χ0) is 32.3. The molecule has 46 heavy (non-hydrogen) atoms. The highest BCUT2D eigenvalue weighted by Gasteiger charge is 2.22. The number of aryl methyl sites for hydroxylation is 1. The maximum absolute atomic E-state index is 13.4. The monoisotopic (exact) mass is 616 g/mol. The predicted octanol–water partition coefficient (Wildman–Crippen LogP) is 8.06. The van der Waals surface area contributed by atoms with E-state index in [0.717, 1.165) is 53.4 Å². The molecule has 3 N–H and O–H groups in total. The fraction of sp³-hybridized carbons (Fsp3) is 0.297. The maximum atomic E-state index is 13.4. The first-order chi connectivity index (χ1) is 22.1. The van der Waals surface area contributed by atoms with Crippen molar-refractivity contribution in [3.8, 4) is 17.2 Å². The highest BCUT2D eigenvalue weighted by atomic mass is 16.5. The molecule has 2 heterocycles. The van der Waals surface area contributed by atoms with E-state index >= 15 is 0 Å². The van der Waals surface area contributed by atoms with Crippen molar-refractivity contribution in [1.82, 2.24) is 20.1 Å². The second-order valence-corrected chi connectivity index (χ2v) is 13.0. The Balaban J connectivity index is 1.19. The summed E-state index contributed by atoms with van der Waals surface area (Å²) >= 11 is 0. The largest absolute Gasteiger partial charge is 0.457 e. The number of carbonyl (C=O) groups excluding carboxylic acids is 2. The molecule has 5 aromatic rings. The third-order valence-electron chi connectivity index (χ3n) is 8.21. The number of hydrogen-bond donors (Lipinski definition) is 3. The minimum atomic E-state index is -0.387. The van der Waals surface area contributed by atoms with Crippen molar-refractivity contribution in [2.75, 3.05) is 10.6 Å². The molecule has 0 saturated heterocycles. The van der Waals surface area contributed by atoms with Crippen LogP contribution in [0, 0.1) is 6.92 Å². The van der Waals surface area contributed by atoms with Gasteiger partial charge in [-0.25, -0.2) is 9.48 Å². The molecule has 236 valence electrons. The molecule has 2 aromatic heterocycles. The number of anilines is 2. The van der Waals surface area contributed by atoms with E-state index in [2.05, 4.69) is 41.7 Å². The summed E-state index contributed by atoms with van der Waals surface area (Å²) in [4.78, 5) is 30.3. The lowest BCUT2D eigenvalue weighted by molar-refractivity contribution is -0.121. The van der Waals surface area contributed by atoms with E-state index in [1.54, 1.807) is 23.0 Å². The van der Waals surface area contributed by atoms with Crippen molar-refractivity contribution in [3.63, 3.8) is 0 Å². The van der Waals surface area contributed by atoms with Gasteiger partial charge in [0.25, 0.3) is 0 Å². The second-order valence-electron chi connectivity index (χ2n) is 13.0. The minimum Gasteiger partial charge on any atom is -0.457 e. The Bertz CT molecular complexity index is 1870. The summed E-state index contributed by atoms with van der Waals surface area (Å²) < 4.78 is 8.06. The van der Waals surface area contributed by atoms with E-state index in [0.29, 0.717) is 28.7 Å². The van der Waals surface area contributed by atoms with Gasteiger partial charge in [-0.3, -0.25) is 15.1 Å². The lowest BCUT2D eigenvalue weighted by Gasteiger charge is -2.15. The number of fused-ring (bicyclic) bond motifs is 1. The van der Waals surface area contributed by atoms with Gasteiger partial charge in [0, 0.05) is 40.6 Å². The van der Waals surface area contributed by atoms with Crippen LogP contribution in [-0.2, 0) is 16.6 Å². The average molecular weight is 617 g/mol. The lowest BCUT2D eigenvalue weighted by Crippen LogP contribution is -2.33. The quantitative estimate of drug-likeness (QED) is 0.163. The fourth-order valence-corrected chi connectivity index (χ4v) is 5.72. The Morgan fingerprint density at radius 2 is 1.65 bits per heavy atom. The van der Waals surface area contributed by atoms with Crippen LogP contribution in [0.15, 0.2) is 85.1 Å². The molecule has 1 fully saturated rings. The highest BCUT2D eigenvalue weighted by molar-refractivity contribution is 6.07. The molecule has 9 nitrogen and oxygen atoms in total. The van der Waals surface area contributed by atoms with Crippen molar-refractivity contribution in [2.45, 2.75) is 71.3 Å². The van der Waals surface area contributed by atoms with Gasteiger partial charge in [0.05, 0.1) is 29.2 Å². The lowest BCUT2D eigenvalue weighted by atomic mass is 9.92. The van der Waals surface area contributed by atoms with Crippen LogP contribution >= 0.6 is 0 Å². The summed E-state index contributed by atoms with van der Waals surface area (Å²) in [6.45, 7) is 8.31. The molecule has 3 aromatic carbocycles. The molecular formula is C37H40N6O3. The zero-order valence-electron chi connectivity index (χ0n) is 26.8. The molecule has 0 radical (unpaired) electrons. The fourth-order valence-electron chi connectivity index (χ4n) is 5.72. The molecule has 1 aliphatic rings. The van der Waals surface area contributed by atoms with Crippen molar-refractivity contribution in [1.29, 1.82) is 0 Å². The van der Waals surface area contributed by atoms with Crippen LogP contribution in [0.1, 0.15) is 63.4 Å². The molecular weight excluding hydrogens is 576 g/mol. The molecule has 1 aliphatic carbocycles. The second kappa shape index (κ2) is 13.0. The molecule has 6 rings (SSSR count). The van der Waals surface area contributed by atoms with Gasteiger partial charge in [0.2, 0.25) is 5.91 Å². The van der Waals surface area contributed by atoms with E-state index in [9.17, 15) is 9.59 Å². The Hall–Kier alpha value is -5.18. The first-order valence-electron chi connectivity index (χ1n) is 15.8. The van der Waals surface area contributed by atoms with Crippen LogP contribution in [0.3, 0.4) is 0 Å². The van der Waals surface area contributed by atoms with Crippen LogP contribution < -0.4 is 20.7 Å². The number of nitrogens with zero attached hydrogens (tertiary/aromatic N) is 3. The summed E-state index contributed by atoms with van der Waals surface area (Å²) in [6.07, 6.45) is 6.26. The van der Waals surface area contributed by atoms with Crippen LogP contribution in [-0.4, -0.2) is 32.7 Å². The van der Waals surface area contributed by atoms with Crippen LogP contribution in [0.4, 0.5) is 16.3 Å². The van der Waals surface area contributed by atoms with Gasteiger partial charge in [-0.2, -0.15) is 5.10 Å². The predicted molar refractivity (Wildman–Crippen MR) is 182 cm³/mol. The van der Waals surface area contributed by atoms with Gasteiger partial charge in [-0.15, -0.1) is 0 Å². The molecule has 3 amide bonds. The van der Waals surface area contributed by atoms with Crippen molar-refractivity contribution >= 4 is 34.2 Å². The summed E-state index contributed by atoms with van der Waals surface area (Å²) in [5.74, 6) is 1.76. The Labute approximate surface area is 269 Å². The molecule has 1 saturated carbocycles. The SMILES string of the molecule is Cc1ccc(-n2nc(C(C)(C)C)cc2NC(=O)Nc2ccc(Oc3ccnc(CC(=O)NC4CCCC4)c3)c3ccccc23)cc1. The van der Waals surface area contributed by atoms with Crippen molar-refractivity contribution in [3.05, 3.63) is 102 Å². The van der Waals surface area contributed by atoms with Crippen molar-refractivity contribution < 1.29 is 14.3 Å². The van der Waals surface area contributed by atoms with Gasteiger partial charge in [-0.05, 0) is 50.1 Å². The number of aromatic nitrogens is 3. The summed E-state index contributed by atoms with van der Waals surface area (Å²) in [7, 11) is 0. The molecule has 0 atom stereocenters. The molecule has 0 unspecified atom stereocenters. The van der Waals surface area contributed by atoms with E-state index in [1.165, 1.54) is 0 Å². The normalized spacial score (nSPS) is 13.5. The smallest absolute Gasteiger partial charge is 0.324 e. The van der Waals surface area contributed by atoms with E-state index in [4.69, 9.17) is 9.84 Å². The third kappa shape index (κ3) is 7.20. The van der Waals surface area contributed by atoms with E-state index < -0.39 is 0 Å². The number of rotatable bonds is 8. The van der Waals surface area contributed by atoms with Gasteiger partial charge in [0.1, 0.15) is 17.3 Å². The van der Waals surface area contributed by atoms with Gasteiger partial charge >= 0.3 is 6.03 Å². The van der Waals surface area contributed by atoms with E-state index in [1.807, 2.05) is 73.7 Å². The summed E-state index contributed by atoms with van der Waals surface area (Å²) in [5.41, 5.74) is 3.95. The van der Waals surface area contributed by atoms with Gasteiger partial charge in [-0.1, -0.05) is 75.6 Å². The minimum absolute atomic E-state index is 0.0211. The number of urea groups is 1. The van der Waals surface area contributed by atoms with Gasteiger partial charge in [0.15, 0.2) is 0 Å². The number of pyridine rings is 1. The standard InChI is InChI=1S/C37H40N6O3/c1-24-13-15-27(16-14-24)43-34(23-33(42-43)37(2,3)4)41-36(45)40-31-17-18-32(30-12-8-7-11-29(30)31)46-28-19-20-38-26(21-28)22-35(44)39-25-9-5-6-10-25/h7-8,11-21,23,25H,5-6,9-10,22H2,1-4H3,(H,39,44)(H2,40,41,45). The maximum Gasteiger partial charge on any atom is 0.324 e. The topological polar surface area (TPSA) is 110 Å². The summed E-state index contributed by atoms with van der Waals surface area (Å²) in [5, 5.41) is 15.6. The Morgan fingerprint density at radius 3 is 2.39 bits per heavy atom. The number of benzene rings is 3. The first-order valence-corrected chi connectivity index (χ1v) is 15.8. The molecule has 0 aliphatic heterocycles. The molecule has 0 spiro atoms. The van der Waals surface area contributed by atoms with Gasteiger partial charge < -0.3 is 15.4 Å². The number of carbonyl (C=O) groups is 2. The highest BCUT2D eigenvalue weighted by Crippen LogP contribution is 2.35. The Kier molecular flexibility index (Phi) is 8.74. The number of ether oxygens (including phenoxy) is 1. The van der Waals surface area contributed by atoms with Crippen LogP contribution in [0.5, 0.6) is 11.5 Å².